The molecule has 2 aliphatic carbocycles. The average Bonchev–Trinajstić information content (AvgIpc) is 3.63. The Morgan fingerprint density at radius 2 is 0.797 bits per heavy atom. The third-order valence-electron chi connectivity index (χ3n) is 13.8. The smallest absolute Gasteiger partial charge is 0.0508 e. The van der Waals surface area contributed by atoms with E-state index >= 15 is 0 Å². The van der Waals surface area contributed by atoms with E-state index in [4.69, 9.17) is 0 Å². The molecule has 0 saturated heterocycles. The number of para-hydroxylation sites is 2. The highest BCUT2D eigenvalue weighted by atomic mass is 15.2. The fourth-order valence-electron chi connectivity index (χ4n) is 10.7. The van der Waals surface area contributed by atoms with Gasteiger partial charge in [0.15, 0.2) is 0 Å². The van der Waals surface area contributed by atoms with Crippen molar-refractivity contribution in [3.8, 4) is 33.4 Å². The molecule has 0 spiro atoms. The lowest BCUT2D eigenvalue weighted by Crippen LogP contribution is -2.30. The number of hydrogen-bond acceptors (Lipinski definition) is 2. The van der Waals surface area contributed by atoms with Gasteiger partial charge >= 0.3 is 0 Å². The van der Waals surface area contributed by atoms with Crippen molar-refractivity contribution >= 4 is 34.1 Å². The van der Waals surface area contributed by atoms with Crippen molar-refractivity contribution in [3.63, 3.8) is 0 Å². The van der Waals surface area contributed by atoms with E-state index in [2.05, 4.69) is 233 Å². The van der Waals surface area contributed by atoms with Crippen molar-refractivity contribution in [2.45, 2.75) is 57.8 Å². The van der Waals surface area contributed by atoms with Crippen LogP contribution in [0.3, 0.4) is 0 Å². The van der Waals surface area contributed by atoms with Crippen LogP contribution in [0.25, 0.3) is 33.4 Å². The van der Waals surface area contributed by atoms with Crippen molar-refractivity contribution < 1.29 is 0 Å². The Labute approximate surface area is 349 Å². The van der Waals surface area contributed by atoms with E-state index in [0.717, 1.165) is 22.7 Å². The maximum absolute atomic E-state index is 2.48. The van der Waals surface area contributed by atoms with Gasteiger partial charge in [0.25, 0.3) is 0 Å². The van der Waals surface area contributed by atoms with E-state index in [0.29, 0.717) is 0 Å². The third-order valence-corrected chi connectivity index (χ3v) is 13.8. The Morgan fingerprint density at radius 3 is 1.42 bits per heavy atom. The minimum atomic E-state index is -0.156. The van der Waals surface area contributed by atoms with Crippen LogP contribution in [0.4, 0.5) is 34.1 Å². The van der Waals surface area contributed by atoms with Gasteiger partial charge in [-0.1, -0.05) is 163 Å². The molecule has 2 heteroatoms. The topological polar surface area (TPSA) is 6.48 Å². The average molecular weight is 761 g/mol. The van der Waals surface area contributed by atoms with Crippen LogP contribution in [0, 0.1) is 0 Å². The highest BCUT2D eigenvalue weighted by molar-refractivity contribution is 5.91. The maximum Gasteiger partial charge on any atom is 0.0508 e. The van der Waals surface area contributed by atoms with Gasteiger partial charge in [0.1, 0.15) is 0 Å². The van der Waals surface area contributed by atoms with E-state index in [1.807, 2.05) is 0 Å². The fraction of sp³-hybridized carbons (Fsp3) is 0.158. The molecule has 3 aliphatic rings. The summed E-state index contributed by atoms with van der Waals surface area (Å²) < 4.78 is 0. The SMILES string of the molecule is CC1(C)c2ccccc2-c2ccc(N(c3cccc(-c4ccc5c(c4)N(c4ccccc4)c4ccccc4C5(C)C)c3)c3ccc4c(c3)C(C)(C)c3ccccc3-4)cc21. The highest BCUT2D eigenvalue weighted by Crippen LogP contribution is 2.55. The van der Waals surface area contributed by atoms with E-state index in [1.54, 1.807) is 0 Å². The van der Waals surface area contributed by atoms with Crippen LogP contribution >= 0.6 is 0 Å². The first-order valence-electron chi connectivity index (χ1n) is 21.0. The van der Waals surface area contributed by atoms with Crippen LogP contribution in [0.5, 0.6) is 0 Å². The quantitative estimate of drug-likeness (QED) is 0.172. The van der Waals surface area contributed by atoms with Crippen LogP contribution in [0.15, 0.2) is 182 Å². The lowest BCUT2D eigenvalue weighted by Gasteiger charge is -2.42. The second-order valence-corrected chi connectivity index (χ2v) is 18.2. The summed E-state index contributed by atoms with van der Waals surface area (Å²) >= 11 is 0. The molecular weight excluding hydrogens is 713 g/mol. The van der Waals surface area contributed by atoms with Gasteiger partial charge in [-0.15, -0.1) is 0 Å². The van der Waals surface area contributed by atoms with Crippen molar-refractivity contribution in [2.75, 3.05) is 9.80 Å². The first-order valence-corrected chi connectivity index (χ1v) is 21.0. The van der Waals surface area contributed by atoms with E-state index in [9.17, 15) is 0 Å². The van der Waals surface area contributed by atoms with Gasteiger partial charge in [-0.3, -0.25) is 0 Å². The number of benzene rings is 8. The lowest BCUT2D eigenvalue weighted by molar-refractivity contribution is 0.632. The van der Waals surface area contributed by atoms with Crippen LogP contribution in [0.2, 0.25) is 0 Å². The summed E-state index contributed by atoms with van der Waals surface area (Å²) in [6.07, 6.45) is 0. The number of hydrogen-bond donors (Lipinski definition) is 0. The van der Waals surface area contributed by atoms with Gasteiger partial charge in [-0.2, -0.15) is 0 Å². The summed E-state index contributed by atoms with van der Waals surface area (Å²) in [4.78, 5) is 4.93. The van der Waals surface area contributed by atoms with Gasteiger partial charge in [-0.25, -0.2) is 0 Å². The third kappa shape index (κ3) is 5.18. The van der Waals surface area contributed by atoms with Crippen molar-refractivity contribution in [1.82, 2.24) is 0 Å². The van der Waals surface area contributed by atoms with Crippen molar-refractivity contribution in [3.05, 3.63) is 215 Å². The fourth-order valence-corrected chi connectivity index (χ4v) is 10.7. The Balaban J connectivity index is 1.08. The second kappa shape index (κ2) is 12.7. The highest BCUT2D eigenvalue weighted by Gasteiger charge is 2.39. The molecule has 1 heterocycles. The largest absolute Gasteiger partial charge is 0.310 e. The maximum atomic E-state index is 2.48. The summed E-state index contributed by atoms with van der Waals surface area (Å²) in [5, 5.41) is 0. The molecule has 8 aromatic carbocycles. The summed E-state index contributed by atoms with van der Waals surface area (Å²) in [7, 11) is 0. The van der Waals surface area contributed by atoms with E-state index in [-0.39, 0.29) is 16.2 Å². The summed E-state index contributed by atoms with van der Waals surface area (Å²) in [6.45, 7) is 14.2. The molecule has 0 unspecified atom stereocenters. The molecule has 0 fully saturated rings. The summed E-state index contributed by atoms with van der Waals surface area (Å²) in [5.74, 6) is 0. The lowest BCUT2D eigenvalue weighted by atomic mass is 9.73. The molecule has 0 amide bonds. The molecule has 8 aromatic rings. The molecule has 11 rings (SSSR count). The molecule has 0 N–H and O–H groups in total. The standard InChI is InChI=1S/C57H48N2/c1-55(2)47-23-12-10-21-43(47)45-30-28-41(35-51(45)55)58(42-29-31-46-44-22-11-13-24-48(44)56(3,4)52(46)36-42)40-20-16-17-37(33-40)38-27-32-50-54(34-38)59(39-18-8-7-9-19-39)53-26-15-14-25-49(53)57(50,5)6/h7-36H,1-6H3. The van der Waals surface area contributed by atoms with Crippen LogP contribution < -0.4 is 9.80 Å². The molecule has 0 bridgehead atoms. The van der Waals surface area contributed by atoms with Gasteiger partial charge in [0.05, 0.1) is 11.4 Å². The van der Waals surface area contributed by atoms with Crippen LogP contribution in [-0.2, 0) is 16.2 Å². The summed E-state index contributed by atoms with van der Waals surface area (Å²) in [5.41, 5.74) is 22.6. The molecular formula is C57H48N2. The second-order valence-electron chi connectivity index (χ2n) is 18.2. The Hall–Kier alpha value is -6.64. The van der Waals surface area contributed by atoms with Crippen LogP contribution in [-0.4, -0.2) is 0 Å². The Bertz CT molecular complexity index is 2880. The molecule has 0 atom stereocenters. The zero-order valence-electron chi connectivity index (χ0n) is 34.7. The zero-order chi connectivity index (χ0) is 40.3. The zero-order valence-corrected chi connectivity index (χ0v) is 34.7. The minimum absolute atomic E-state index is 0.114. The van der Waals surface area contributed by atoms with Crippen molar-refractivity contribution in [1.29, 1.82) is 0 Å². The van der Waals surface area contributed by atoms with Gasteiger partial charge in [0.2, 0.25) is 0 Å². The van der Waals surface area contributed by atoms with E-state index in [1.165, 1.54) is 78.1 Å². The Morgan fingerprint density at radius 1 is 0.322 bits per heavy atom. The molecule has 286 valence electrons. The van der Waals surface area contributed by atoms with Gasteiger partial charge in [-0.05, 0) is 127 Å². The Kier molecular flexibility index (Phi) is 7.63. The predicted molar refractivity (Wildman–Crippen MR) is 248 cm³/mol. The molecule has 0 saturated carbocycles. The molecule has 1 aliphatic heterocycles. The molecule has 2 nitrogen and oxygen atoms in total. The molecule has 0 radical (unpaired) electrons. The summed E-state index contributed by atoms with van der Waals surface area (Å²) in [6, 6.07) is 68.0. The number of anilines is 6. The molecule has 59 heavy (non-hydrogen) atoms. The molecule has 0 aromatic heterocycles. The number of fused-ring (bicyclic) bond motifs is 8. The first-order chi connectivity index (χ1) is 28.5. The predicted octanol–water partition coefficient (Wildman–Crippen LogP) is 15.5. The van der Waals surface area contributed by atoms with E-state index < -0.39 is 0 Å². The number of rotatable bonds is 5. The first kappa shape index (κ1) is 35.5. The monoisotopic (exact) mass is 760 g/mol. The van der Waals surface area contributed by atoms with Crippen LogP contribution in [0.1, 0.15) is 74.9 Å². The minimum Gasteiger partial charge on any atom is -0.310 e. The van der Waals surface area contributed by atoms with Gasteiger partial charge < -0.3 is 9.80 Å². The normalized spacial score (nSPS) is 15.7. The van der Waals surface area contributed by atoms with Gasteiger partial charge in [0, 0.05) is 39.0 Å². The number of nitrogens with zero attached hydrogens (tertiary/aromatic N) is 2. The van der Waals surface area contributed by atoms with Crippen molar-refractivity contribution in [2.24, 2.45) is 0 Å².